The number of hydrogen-bond donors (Lipinski definition) is 2. The summed E-state index contributed by atoms with van der Waals surface area (Å²) in [4.78, 5) is 58.4. The van der Waals surface area contributed by atoms with Gasteiger partial charge < -0.3 is 15.5 Å². The van der Waals surface area contributed by atoms with E-state index in [1.54, 1.807) is 70.6 Å². The first-order valence-corrected chi connectivity index (χ1v) is 11.7. The van der Waals surface area contributed by atoms with Crippen LogP contribution >= 0.6 is 0 Å². The quantitative estimate of drug-likeness (QED) is 0.556. The van der Waals surface area contributed by atoms with Crippen molar-refractivity contribution in [3.8, 4) is 0 Å². The van der Waals surface area contributed by atoms with Crippen molar-refractivity contribution in [1.29, 1.82) is 0 Å². The molecule has 5 rings (SSSR count). The van der Waals surface area contributed by atoms with Crippen LogP contribution in [-0.4, -0.2) is 45.7 Å². The largest absolute Gasteiger partial charge is 0.326 e. The van der Waals surface area contributed by atoms with E-state index < -0.39 is 5.66 Å². The molecule has 9 heteroatoms. The lowest BCUT2D eigenvalue weighted by Crippen LogP contribution is -2.62. The molecule has 0 saturated carbocycles. The Balaban J connectivity index is 1.26. The number of amides is 4. The predicted molar refractivity (Wildman–Crippen MR) is 134 cm³/mol. The van der Waals surface area contributed by atoms with Gasteiger partial charge in [-0.25, -0.2) is 0 Å². The Labute approximate surface area is 208 Å². The first kappa shape index (κ1) is 23.2. The van der Waals surface area contributed by atoms with E-state index >= 15 is 0 Å². The summed E-state index contributed by atoms with van der Waals surface area (Å²) >= 11 is 0. The van der Waals surface area contributed by atoms with E-state index in [0.29, 0.717) is 41.0 Å². The number of benzene rings is 2. The van der Waals surface area contributed by atoms with Crippen molar-refractivity contribution in [2.75, 3.05) is 22.1 Å². The zero-order valence-electron chi connectivity index (χ0n) is 19.7. The molecule has 0 radical (unpaired) electrons. The Morgan fingerprint density at radius 3 is 2.56 bits per heavy atom. The minimum Gasteiger partial charge on any atom is -0.326 e. The van der Waals surface area contributed by atoms with Crippen molar-refractivity contribution in [1.82, 2.24) is 9.88 Å². The summed E-state index contributed by atoms with van der Waals surface area (Å²) in [6.45, 7) is 2.04. The van der Waals surface area contributed by atoms with Gasteiger partial charge in [-0.3, -0.25) is 29.1 Å². The van der Waals surface area contributed by atoms with Crippen LogP contribution in [0, 0.1) is 0 Å². The normalized spacial score (nSPS) is 18.5. The van der Waals surface area contributed by atoms with E-state index in [2.05, 4.69) is 15.6 Å². The smallest absolute Gasteiger partial charge is 0.257 e. The molecule has 1 saturated heterocycles. The van der Waals surface area contributed by atoms with Gasteiger partial charge in [0.25, 0.3) is 11.8 Å². The average molecular weight is 484 g/mol. The number of aromatic nitrogens is 1. The van der Waals surface area contributed by atoms with E-state index in [1.165, 1.54) is 6.20 Å². The number of rotatable bonds is 6. The summed E-state index contributed by atoms with van der Waals surface area (Å²) in [5.41, 5.74) is 1.74. The average Bonchev–Trinajstić information content (AvgIpc) is 3.19. The molecule has 36 heavy (non-hydrogen) atoms. The molecule has 3 heterocycles. The van der Waals surface area contributed by atoms with Gasteiger partial charge in [0.1, 0.15) is 5.66 Å². The molecule has 4 amide bonds. The number of carbonyl (C=O) groups is 4. The van der Waals surface area contributed by atoms with E-state index in [0.717, 1.165) is 0 Å². The Morgan fingerprint density at radius 1 is 1.00 bits per heavy atom. The van der Waals surface area contributed by atoms with Gasteiger partial charge in [0.05, 0.1) is 16.8 Å². The number of nitrogens with one attached hydrogen (secondary N) is 2. The third-order valence-corrected chi connectivity index (χ3v) is 6.64. The molecule has 2 aromatic carbocycles. The highest BCUT2D eigenvalue weighted by molar-refractivity contribution is 6.10. The molecule has 2 N–H and O–H groups in total. The van der Waals surface area contributed by atoms with Gasteiger partial charge >= 0.3 is 0 Å². The molecule has 0 bridgehead atoms. The maximum atomic E-state index is 13.3. The van der Waals surface area contributed by atoms with Crippen molar-refractivity contribution in [3.05, 3.63) is 84.2 Å². The molecule has 182 valence electrons. The van der Waals surface area contributed by atoms with Crippen LogP contribution in [0.1, 0.15) is 46.9 Å². The highest BCUT2D eigenvalue weighted by Crippen LogP contribution is 2.43. The van der Waals surface area contributed by atoms with Gasteiger partial charge in [-0.05, 0) is 55.8 Å². The van der Waals surface area contributed by atoms with Crippen LogP contribution in [0.4, 0.5) is 17.1 Å². The van der Waals surface area contributed by atoms with Crippen LogP contribution in [0.25, 0.3) is 0 Å². The van der Waals surface area contributed by atoms with Crippen LogP contribution in [0.5, 0.6) is 0 Å². The second kappa shape index (κ2) is 9.26. The molecule has 2 aliphatic heterocycles. The van der Waals surface area contributed by atoms with E-state index in [9.17, 15) is 19.2 Å². The highest BCUT2D eigenvalue weighted by Gasteiger charge is 2.52. The van der Waals surface area contributed by atoms with Crippen molar-refractivity contribution < 1.29 is 19.2 Å². The van der Waals surface area contributed by atoms with Gasteiger partial charge in [0, 0.05) is 43.2 Å². The minimum absolute atomic E-state index is 0.0305. The van der Waals surface area contributed by atoms with Gasteiger partial charge in [0.2, 0.25) is 11.8 Å². The van der Waals surface area contributed by atoms with Crippen molar-refractivity contribution in [2.24, 2.45) is 0 Å². The fourth-order valence-corrected chi connectivity index (χ4v) is 4.85. The molecule has 0 spiro atoms. The third kappa shape index (κ3) is 4.19. The van der Waals surface area contributed by atoms with E-state index in [-0.39, 0.29) is 36.6 Å². The molecule has 0 aliphatic carbocycles. The topological polar surface area (TPSA) is 112 Å². The molecule has 2 aliphatic rings. The molecule has 0 unspecified atom stereocenters. The molecule has 9 nitrogen and oxygen atoms in total. The Kier molecular flexibility index (Phi) is 5.97. The molecular weight excluding hydrogens is 458 g/mol. The maximum absolute atomic E-state index is 13.3. The number of anilines is 3. The van der Waals surface area contributed by atoms with E-state index in [4.69, 9.17) is 0 Å². The Hall–Kier alpha value is -4.53. The zero-order chi connectivity index (χ0) is 25.3. The maximum Gasteiger partial charge on any atom is 0.257 e. The number of nitrogens with zero attached hydrogens (tertiary/aromatic N) is 3. The summed E-state index contributed by atoms with van der Waals surface area (Å²) in [5, 5.41) is 5.61. The van der Waals surface area contributed by atoms with Crippen LogP contribution < -0.4 is 15.5 Å². The SMILES string of the molecule is C[C@]12CCC(=O)N1c1ccccc1C(=O)N2CCC(=O)Nc1cccc(NC(=O)c2cccnc2)c1. The van der Waals surface area contributed by atoms with Crippen LogP contribution in [0.3, 0.4) is 0 Å². The number of para-hydroxylation sites is 1. The van der Waals surface area contributed by atoms with E-state index in [1.807, 2.05) is 13.0 Å². The summed E-state index contributed by atoms with van der Waals surface area (Å²) in [5.74, 6) is -0.805. The van der Waals surface area contributed by atoms with Crippen molar-refractivity contribution >= 4 is 40.7 Å². The summed E-state index contributed by atoms with van der Waals surface area (Å²) in [6, 6.07) is 17.3. The monoisotopic (exact) mass is 483 g/mol. The first-order chi connectivity index (χ1) is 17.4. The fraction of sp³-hybridized carbons (Fsp3) is 0.222. The minimum atomic E-state index is -0.806. The summed E-state index contributed by atoms with van der Waals surface area (Å²) in [7, 11) is 0. The first-order valence-electron chi connectivity index (χ1n) is 11.7. The fourth-order valence-electron chi connectivity index (χ4n) is 4.85. The lowest BCUT2D eigenvalue weighted by atomic mass is 9.98. The van der Waals surface area contributed by atoms with Gasteiger partial charge in [0.15, 0.2) is 0 Å². The molecule has 1 fully saturated rings. The van der Waals surface area contributed by atoms with Crippen molar-refractivity contribution in [3.63, 3.8) is 0 Å². The number of pyridine rings is 1. The third-order valence-electron chi connectivity index (χ3n) is 6.64. The zero-order valence-corrected chi connectivity index (χ0v) is 19.7. The highest BCUT2D eigenvalue weighted by atomic mass is 16.2. The number of carbonyl (C=O) groups excluding carboxylic acids is 4. The second-order valence-corrected chi connectivity index (χ2v) is 8.99. The van der Waals surface area contributed by atoms with Gasteiger partial charge in [-0.1, -0.05) is 18.2 Å². The number of fused-ring (bicyclic) bond motifs is 3. The van der Waals surface area contributed by atoms with Crippen LogP contribution in [0.2, 0.25) is 0 Å². The standard InChI is InChI=1S/C27H25N5O4/c1-27-13-11-24(34)32(27)22-10-3-2-9-21(22)26(36)31(27)15-12-23(33)29-19-7-4-8-20(16-19)30-25(35)18-6-5-14-28-17-18/h2-10,14,16-17H,11-13,15H2,1H3,(H,29,33)(H,30,35)/t27-/m1/s1. The van der Waals surface area contributed by atoms with Gasteiger partial charge in [-0.15, -0.1) is 0 Å². The van der Waals surface area contributed by atoms with Crippen LogP contribution in [0.15, 0.2) is 73.1 Å². The molecule has 1 atom stereocenters. The Morgan fingerprint density at radius 2 is 1.78 bits per heavy atom. The lowest BCUT2D eigenvalue weighted by molar-refractivity contribution is -0.117. The molecular formula is C27H25N5O4. The Bertz CT molecular complexity index is 1360. The predicted octanol–water partition coefficient (Wildman–Crippen LogP) is 3.66. The molecule has 3 aromatic rings. The summed E-state index contributed by atoms with van der Waals surface area (Å²) in [6.07, 6.45) is 3.97. The summed E-state index contributed by atoms with van der Waals surface area (Å²) < 4.78 is 0. The second-order valence-electron chi connectivity index (χ2n) is 8.99. The lowest BCUT2D eigenvalue weighted by Gasteiger charge is -2.48. The molecule has 1 aromatic heterocycles. The van der Waals surface area contributed by atoms with Crippen LogP contribution in [-0.2, 0) is 9.59 Å². The van der Waals surface area contributed by atoms with Crippen molar-refractivity contribution in [2.45, 2.75) is 31.8 Å². The van der Waals surface area contributed by atoms with Gasteiger partial charge in [-0.2, -0.15) is 0 Å². The number of hydrogen-bond acceptors (Lipinski definition) is 5.